The molecule has 4 aromatic heterocycles. The van der Waals surface area contributed by atoms with Crippen LogP contribution in [-0.4, -0.2) is 24.1 Å². The van der Waals surface area contributed by atoms with Crippen LogP contribution >= 0.6 is 0 Å². The van der Waals surface area contributed by atoms with Crippen molar-refractivity contribution < 1.29 is 4.42 Å². The zero-order valence-electron chi connectivity index (χ0n) is 33.9. The topological polar surface area (TPSA) is 61.7 Å². The number of hydrogen-bond donors (Lipinski definition) is 0. The first-order valence-corrected chi connectivity index (χ1v) is 21.2. The van der Waals surface area contributed by atoms with Gasteiger partial charge in [0.05, 0.1) is 27.5 Å². The van der Waals surface area contributed by atoms with Crippen LogP contribution in [0.3, 0.4) is 0 Å². The molecule has 4 heterocycles. The van der Waals surface area contributed by atoms with E-state index in [4.69, 9.17) is 19.4 Å². The predicted octanol–water partition coefficient (Wildman–Crippen LogP) is 14.6. The van der Waals surface area contributed by atoms with Gasteiger partial charge >= 0.3 is 0 Å². The summed E-state index contributed by atoms with van der Waals surface area (Å²) in [6.07, 6.45) is 0. The first kappa shape index (κ1) is 35.2. The monoisotopic (exact) mass is 805 g/mol. The van der Waals surface area contributed by atoms with Gasteiger partial charge in [0.2, 0.25) is 0 Å². The maximum Gasteiger partial charge on any atom is 0.164 e. The zero-order chi connectivity index (χ0) is 41.4. The van der Waals surface area contributed by atoms with Crippen molar-refractivity contribution in [2.45, 2.75) is 0 Å². The molecule has 0 atom stereocenters. The first-order chi connectivity index (χ1) is 31.3. The van der Waals surface area contributed by atoms with Gasteiger partial charge in [0, 0.05) is 55.0 Å². The maximum atomic E-state index is 7.11. The molecule has 0 saturated carbocycles. The molecule has 13 rings (SSSR count). The fourth-order valence-electron chi connectivity index (χ4n) is 9.65. The Kier molecular flexibility index (Phi) is 7.80. The number of para-hydroxylation sites is 4. The number of rotatable bonds is 6. The van der Waals surface area contributed by atoms with E-state index in [2.05, 4.69) is 161 Å². The fourth-order valence-corrected chi connectivity index (χ4v) is 9.65. The second-order valence-corrected chi connectivity index (χ2v) is 15.9. The van der Waals surface area contributed by atoms with Crippen LogP contribution in [0.1, 0.15) is 0 Å². The molecule has 294 valence electrons. The van der Waals surface area contributed by atoms with Crippen LogP contribution in [0.5, 0.6) is 0 Å². The molecule has 0 aliphatic heterocycles. The molecule has 0 aliphatic rings. The predicted molar refractivity (Wildman–Crippen MR) is 258 cm³/mol. The molecule has 0 N–H and O–H groups in total. The smallest absolute Gasteiger partial charge is 0.164 e. The molecule has 9 aromatic carbocycles. The zero-order valence-corrected chi connectivity index (χ0v) is 33.9. The molecule has 6 heteroatoms. The molecule has 0 spiro atoms. The molecule has 0 bridgehead atoms. The lowest BCUT2D eigenvalue weighted by Gasteiger charge is -2.16. The van der Waals surface area contributed by atoms with Crippen molar-refractivity contribution in [3.63, 3.8) is 0 Å². The van der Waals surface area contributed by atoms with Crippen molar-refractivity contribution in [2.24, 2.45) is 0 Å². The van der Waals surface area contributed by atoms with Crippen molar-refractivity contribution >= 4 is 65.6 Å². The van der Waals surface area contributed by atoms with Crippen LogP contribution in [0, 0.1) is 0 Å². The number of furan rings is 1. The van der Waals surface area contributed by atoms with Crippen molar-refractivity contribution in [1.29, 1.82) is 0 Å². The van der Waals surface area contributed by atoms with Gasteiger partial charge in [0.15, 0.2) is 23.1 Å². The minimum atomic E-state index is 0.602. The van der Waals surface area contributed by atoms with Crippen LogP contribution < -0.4 is 0 Å². The van der Waals surface area contributed by atoms with Gasteiger partial charge in [-0.05, 0) is 59.7 Å². The molecular formula is C57H35N5O. The number of aromatic nitrogens is 5. The highest BCUT2D eigenvalue weighted by Crippen LogP contribution is 2.50. The van der Waals surface area contributed by atoms with Crippen molar-refractivity contribution in [3.8, 4) is 56.7 Å². The average Bonchev–Trinajstić information content (AvgIpc) is 4.03. The fraction of sp³-hybridized carbons (Fsp3) is 0. The summed E-state index contributed by atoms with van der Waals surface area (Å²) >= 11 is 0. The average molecular weight is 806 g/mol. The van der Waals surface area contributed by atoms with E-state index < -0.39 is 0 Å². The lowest BCUT2D eigenvalue weighted by Crippen LogP contribution is -2.02. The molecule has 0 unspecified atom stereocenters. The minimum Gasteiger partial charge on any atom is -0.454 e. The Morgan fingerprint density at radius 3 is 1.43 bits per heavy atom. The van der Waals surface area contributed by atoms with Crippen molar-refractivity contribution in [3.05, 3.63) is 212 Å². The lowest BCUT2D eigenvalue weighted by atomic mass is 9.98. The van der Waals surface area contributed by atoms with Crippen LogP contribution in [0.4, 0.5) is 0 Å². The summed E-state index contributed by atoms with van der Waals surface area (Å²) in [4.78, 5) is 15.4. The first-order valence-electron chi connectivity index (χ1n) is 21.2. The van der Waals surface area contributed by atoms with E-state index in [0.29, 0.717) is 17.5 Å². The lowest BCUT2D eigenvalue weighted by molar-refractivity contribution is 0.671. The summed E-state index contributed by atoms with van der Waals surface area (Å²) in [6, 6.07) is 74.1. The van der Waals surface area contributed by atoms with Crippen LogP contribution in [-0.2, 0) is 0 Å². The molecule has 0 saturated heterocycles. The minimum absolute atomic E-state index is 0.602. The largest absolute Gasteiger partial charge is 0.454 e. The van der Waals surface area contributed by atoms with Crippen LogP contribution in [0.25, 0.3) is 122 Å². The van der Waals surface area contributed by atoms with Gasteiger partial charge in [-0.3, -0.25) is 0 Å². The summed E-state index contributed by atoms with van der Waals surface area (Å²) in [5.41, 5.74) is 13.0. The van der Waals surface area contributed by atoms with Gasteiger partial charge in [0.25, 0.3) is 0 Å². The number of hydrogen-bond acceptors (Lipinski definition) is 4. The molecular weight excluding hydrogens is 771 g/mol. The third-order valence-corrected chi connectivity index (χ3v) is 12.3. The second-order valence-electron chi connectivity index (χ2n) is 15.9. The summed E-state index contributed by atoms with van der Waals surface area (Å²) < 4.78 is 11.9. The van der Waals surface area contributed by atoms with Crippen molar-refractivity contribution in [1.82, 2.24) is 24.1 Å². The standard InChI is InChI=1S/C57H35N5O/c1-5-19-36(20-6-1)45-35-40(33-34-41(45)57-59-55(37-21-7-2-8-22-37)58-56(60-57)38-23-9-3-10-24-38)62-47-31-17-14-28-43(47)50-49-42-27-13-16-30-46(42)61(39-25-11-4-12-26-39)52(49)51-44-29-15-18-32-48(44)63-54(51)53(50)62/h1-35H. The Labute approximate surface area is 361 Å². The molecule has 13 aromatic rings. The van der Waals surface area contributed by atoms with E-state index in [0.717, 1.165) is 94.0 Å². The molecule has 6 nitrogen and oxygen atoms in total. The number of nitrogens with zero attached hydrogens (tertiary/aromatic N) is 5. The second kappa shape index (κ2) is 14.0. The Balaban J connectivity index is 1.16. The van der Waals surface area contributed by atoms with Gasteiger partial charge in [-0.25, -0.2) is 15.0 Å². The van der Waals surface area contributed by atoms with E-state index in [1.807, 2.05) is 60.7 Å². The number of fused-ring (bicyclic) bond motifs is 12. The molecule has 0 amide bonds. The quantitative estimate of drug-likeness (QED) is 0.168. The highest BCUT2D eigenvalue weighted by molar-refractivity contribution is 6.39. The third-order valence-electron chi connectivity index (χ3n) is 12.3. The van der Waals surface area contributed by atoms with E-state index in [1.54, 1.807) is 0 Å². The van der Waals surface area contributed by atoms with E-state index in [-0.39, 0.29) is 0 Å². The number of benzene rings is 9. The van der Waals surface area contributed by atoms with E-state index in [9.17, 15) is 0 Å². The van der Waals surface area contributed by atoms with Crippen LogP contribution in [0.15, 0.2) is 217 Å². The highest BCUT2D eigenvalue weighted by Gasteiger charge is 2.28. The highest BCUT2D eigenvalue weighted by atomic mass is 16.3. The van der Waals surface area contributed by atoms with E-state index in [1.165, 1.54) is 10.8 Å². The van der Waals surface area contributed by atoms with Crippen LogP contribution in [0.2, 0.25) is 0 Å². The molecule has 0 aliphatic carbocycles. The Bertz CT molecular complexity index is 3830. The Hall–Kier alpha value is -8.61. The molecule has 0 radical (unpaired) electrons. The summed E-state index contributed by atoms with van der Waals surface area (Å²) in [5, 5.41) is 6.86. The molecule has 63 heavy (non-hydrogen) atoms. The Morgan fingerprint density at radius 2 is 0.810 bits per heavy atom. The SMILES string of the molecule is c1ccc(-c2nc(-c3ccccc3)nc(-c3ccc(-n4c5ccccc5c5c6c7ccccc7n(-c7ccccc7)c6c6c7ccccc7oc6c54)cc3-c3ccccc3)n2)cc1. The summed E-state index contributed by atoms with van der Waals surface area (Å²) in [5.74, 6) is 1.84. The van der Waals surface area contributed by atoms with Gasteiger partial charge in [-0.1, -0.05) is 164 Å². The summed E-state index contributed by atoms with van der Waals surface area (Å²) in [7, 11) is 0. The Morgan fingerprint density at radius 1 is 0.333 bits per heavy atom. The summed E-state index contributed by atoms with van der Waals surface area (Å²) in [6.45, 7) is 0. The van der Waals surface area contributed by atoms with Gasteiger partial charge in [-0.2, -0.15) is 0 Å². The van der Waals surface area contributed by atoms with Gasteiger partial charge in [0.1, 0.15) is 5.58 Å². The van der Waals surface area contributed by atoms with E-state index >= 15 is 0 Å². The van der Waals surface area contributed by atoms with Gasteiger partial charge < -0.3 is 13.6 Å². The third kappa shape index (κ3) is 5.41. The maximum absolute atomic E-state index is 7.11. The molecule has 0 fully saturated rings. The van der Waals surface area contributed by atoms with Crippen molar-refractivity contribution in [2.75, 3.05) is 0 Å². The normalized spacial score (nSPS) is 11.8. The van der Waals surface area contributed by atoms with Gasteiger partial charge in [-0.15, -0.1) is 0 Å².